The topological polar surface area (TPSA) is 49.5 Å². The van der Waals surface area contributed by atoms with Crippen LogP contribution in [0.15, 0.2) is 18.2 Å². The molecule has 4 heteroatoms. The number of aliphatic hydroxyl groups is 1. The van der Waals surface area contributed by atoms with Crippen LogP contribution < -0.4 is 5.73 Å². The zero-order valence-corrected chi connectivity index (χ0v) is 11.3. The van der Waals surface area contributed by atoms with Gasteiger partial charge in [-0.15, -0.1) is 0 Å². The van der Waals surface area contributed by atoms with Gasteiger partial charge in [-0.25, -0.2) is 4.39 Å². The van der Waals surface area contributed by atoms with Gasteiger partial charge in [-0.1, -0.05) is 6.07 Å². The maximum atomic E-state index is 13.2. The molecule has 0 amide bonds. The fourth-order valence-electron chi connectivity index (χ4n) is 2.91. The smallest absolute Gasteiger partial charge is 0.123 e. The molecule has 1 fully saturated rings. The molecule has 0 saturated carbocycles. The van der Waals surface area contributed by atoms with Gasteiger partial charge in [0.15, 0.2) is 0 Å². The maximum Gasteiger partial charge on any atom is 0.123 e. The third kappa shape index (κ3) is 3.75. The summed E-state index contributed by atoms with van der Waals surface area (Å²) in [6.45, 7) is 2.55. The van der Waals surface area contributed by atoms with E-state index in [0.29, 0.717) is 12.6 Å². The van der Waals surface area contributed by atoms with Crippen molar-refractivity contribution in [1.82, 2.24) is 4.90 Å². The van der Waals surface area contributed by atoms with Crippen LogP contribution in [0.1, 0.15) is 36.8 Å². The predicted molar refractivity (Wildman–Crippen MR) is 74.0 cm³/mol. The molecule has 1 aliphatic heterocycles. The molecule has 0 spiro atoms. The van der Waals surface area contributed by atoms with Crippen molar-refractivity contribution in [2.45, 2.75) is 44.8 Å². The van der Waals surface area contributed by atoms with Crippen molar-refractivity contribution < 1.29 is 9.50 Å². The van der Waals surface area contributed by atoms with Gasteiger partial charge in [0.1, 0.15) is 5.82 Å². The fraction of sp³-hybridized carbons (Fsp3) is 0.600. The van der Waals surface area contributed by atoms with Crippen LogP contribution in [-0.4, -0.2) is 29.2 Å². The molecule has 1 heterocycles. The average molecular weight is 266 g/mol. The molecule has 0 aromatic heterocycles. The second-order valence-corrected chi connectivity index (χ2v) is 5.25. The molecular formula is C15H23FN2O. The van der Waals surface area contributed by atoms with Crippen molar-refractivity contribution in [3.05, 3.63) is 35.1 Å². The maximum absolute atomic E-state index is 13.2. The second kappa shape index (κ2) is 6.98. The van der Waals surface area contributed by atoms with Crippen LogP contribution in [0.5, 0.6) is 0 Å². The summed E-state index contributed by atoms with van der Waals surface area (Å²) in [6, 6.07) is 5.43. The van der Waals surface area contributed by atoms with E-state index < -0.39 is 0 Å². The number of aliphatic hydroxyl groups excluding tert-OH is 1. The van der Waals surface area contributed by atoms with E-state index in [1.165, 1.54) is 25.0 Å². The van der Waals surface area contributed by atoms with Crippen molar-refractivity contribution in [2.75, 3.05) is 13.2 Å². The van der Waals surface area contributed by atoms with E-state index in [9.17, 15) is 4.39 Å². The van der Waals surface area contributed by atoms with Gasteiger partial charge in [0.05, 0.1) is 0 Å². The summed E-state index contributed by atoms with van der Waals surface area (Å²) in [5.74, 6) is -0.220. The molecule has 1 aliphatic rings. The van der Waals surface area contributed by atoms with Crippen molar-refractivity contribution in [3.8, 4) is 0 Å². The molecule has 106 valence electrons. The van der Waals surface area contributed by atoms with Crippen molar-refractivity contribution in [3.63, 3.8) is 0 Å². The minimum Gasteiger partial charge on any atom is -0.396 e. The standard InChI is InChI=1S/C15H23FN2O/c16-14-6-5-12(13(9-14)10-17)11-18-7-1-3-15(18)4-2-8-19/h5-6,9,15,19H,1-4,7-8,10-11,17H2. The predicted octanol–water partition coefficient (Wildman–Crippen LogP) is 2.02. The first-order valence-corrected chi connectivity index (χ1v) is 7.07. The minimum atomic E-state index is -0.220. The monoisotopic (exact) mass is 266 g/mol. The van der Waals surface area contributed by atoms with Gasteiger partial charge >= 0.3 is 0 Å². The molecule has 2 rings (SSSR count). The van der Waals surface area contributed by atoms with Crippen LogP contribution in [0.3, 0.4) is 0 Å². The van der Waals surface area contributed by atoms with E-state index in [0.717, 1.165) is 37.1 Å². The summed E-state index contributed by atoms with van der Waals surface area (Å²) >= 11 is 0. The quantitative estimate of drug-likeness (QED) is 0.828. The molecular weight excluding hydrogens is 243 g/mol. The lowest BCUT2D eigenvalue weighted by Crippen LogP contribution is -2.29. The van der Waals surface area contributed by atoms with Crippen LogP contribution in [0, 0.1) is 5.82 Å². The van der Waals surface area contributed by atoms with Crippen molar-refractivity contribution >= 4 is 0 Å². The molecule has 1 saturated heterocycles. The summed E-state index contributed by atoms with van der Waals surface area (Å²) in [5, 5.41) is 8.94. The highest BCUT2D eigenvalue weighted by Gasteiger charge is 2.24. The second-order valence-electron chi connectivity index (χ2n) is 5.25. The van der Waals surface area contributed by atoms with Gasteiger partial charge in [-0.3, -0.25) is 4.90 Å². The normalized spacial score (nSPS) is 20.1. The van der Waals surface area contributed by atoms with Gasteiger partial charge in [-0.05, 0) is 55.5 Å². The third-order valence-corrected chi connectivity index (χ3v) is 3.96. The van der Waals surface area contributed by atoms with E-state index >= 15 is 0 Å². The minimum absolute atomic E-state index is 0.220. The Morgan fingerprint density at radius 3 is 2.95 bits per heavy atom. The third-order valence-electron chi connectivity index (χ3n) is 3.96. The molecule has 3 N–H and O–H groups in total. The molecule has 1 aromatic carbocycles. The average Bonchev–Trinajstić information content (AvgIpc) is 2.85. The Morgan fingerprint density at radius 1 is 1.37 bits per heavy atom. The summed E-state index contributed by atoms with van der Waals surface area (Å²) in [6.07, 6.45) is 4.29. The van der Waals surface area contributed by atoms with Crippen LogP contribution >= 0.6 is 0 Å². The van der Waals surface area contributed by atoms with Gasteiger partial charge in [0.2, 0.25) is 0 Å². The number of benzene rings is 1. The zero-order valence-electron chi connectivity index (χ0n) is 11.3. The SMILES string of the molecule is NCc1cc(F)ccc1CN1CCCC1CCCO. The van der Waals surface area contributed by atoms with Crippen molar-refractivity contribution in [1.29, 1.82) is 0 Å². The number of rotatable bonds is 6. The Bertz CT molecular complexity index is 411. The number of nitrogens with zero attached hydrogens (tertiary/aromatic N) is 1. The Morgan fingerprint density at radius 2 is 2.21 bits per heavy atom. The summed E-state index contributed by atoms with van der Waals surface area (Å²) in [4.78, 5) is 2.43. The van der Waals surface area contributed by atoms with Gasteiger partial charge < -0.3 is 10.8 Å². The molecule has 19 heavy (non-hydrogen) atoms. The molecule has 0 aliphatic carbocycles. The Labute approximate surface area is 114 Å². The van der Waals surface area contributed by atoms with E-state index in [2.05, 4.69) is 4.90 Å². The highest BCUT2D eigenvalue weighted by molar-refractivity contribution is 5.28. The fourth-order valence-corrected chi connectivity index (χ4v) is 2.91. The number of hydrogen-bond donors (Lipinski definition) is 2. The lowest BCUT2D eigenvalue weighted by Gasteiger charge is -2.25. The van der Waals surface area contributed by atoms with Gasteiger partial charge in [0.25, 0.3) is 0 Å². The number of halogens is 1. The summed E-state index contributed by atoms with van der Waals surface area (Å²) in [7, 11) is 0. The Kier molecular flexibility index (Phi) is 5.31. The number of hydrogen-bond acceptors (Lipinski definition) is 3. The highest BCUT2D eigenvalue weighted by atomic mass is 19.1. The number of nitrogens with two attached hydrogens (primary N) is 1. The van der Waals surface area contributed by atoms with Crippen LogP contribution in [0.2, 0.25) is 0 Å². The van der Waals surface area contributed by atoms with E-state index in [4.69, 9.17) is 10.8 Å². The van der Waals surface area contributed by atoms with E-state index in [-0.39, 0.29) is 12.4 Å². The molecule has 3 nitrogen and oxygen atoms in total. The first-order valence-electron chi connectivity index (χ1n) is 7.07. The lowest BCUT2D eigenvalue weighted by atomic mass is 10.1. The molecule has 1 aromatic rings. The zero-order chi connectivity index (χ0) is 13.7. The first-order chi connectivity index (χ1) is 9.24. The van der Waals surface area contributed by atoms with Crippen LogP contribution in [-0.2, 0) is 13.1 Å². The summed E-state index contributed by atoms with van der Waals surface area (Å²) < 4.78 is 13.2. The van der Waals surface area contributed by atoms with Crippen LogP contribution in [0.25, 0.3) is 0 Å². The van der Waals surface area contributed by atoms with Crippen molar-refractivity contribution in [2.24, 2.45) is 5.73 Å². The highest BCUT2D eigenvalue weighted by Crippen LogP contribution is 2.24. The summed E-state index contributed by atoms with van der Waals surface area (Å²) in [5.41, 5.74) is 7.71. The Balaban J connectivity index is 2.03. The molecule has 0 bridgehead atoms. The largest absolute Gasteiger partial charge is 0.396 e. The van der Waals surface area contributed by atoms with Gasteiger partial charge in [0, 0.05) is 25.7 Å². The number of likely N-dealkylation sites (tertiary alicyclic amines) is 1. The van der Waals surface area contributed by atoms with E-state index in [1.807, 2.05) is 6.07 Å². The van der Waals surface area contributed by atoms with Gasteiger partial charge in [-0.2, -0.15) is 0 Å². The Hall–Kier alpha value is -0.970. The molecule has 1 atom stereocenters. The molecule has 0 radical (unpaired) electrons. The lowest BCUT2D eigenvalue weighted by molar-refractivity contribution is 0.209. The van der Waals surface area contributed by atoms with E-state index in [1.54, 1.807) is 0 Å². The molecule has 1 unspecified atom stereocenters. The first kappa shape index (κ1) is 14.4. The van der Waals surface area contributed by atoms with Crippen LogP contribution in [0.4, 0.5) is 4.39 Å².